The van der Waals surface area contributed by atoms with Gasteiger partial charge >= 0.3 is 0 Å². The summed E-state index contributed by atoms with van der Waals surface area (Å²) >= 11 is 5.54. The third-order valence-electron chi connectivity index (χ3n) is 7.30. The number of ketones is 1. The minimum atomic E-state index is -0.712. The van der Waals surface area contributed by atoms with Crippen molar-refractivity contribution in [2.75, 3.05) is 6.61 Å². The fourth-order valence-electron chi connectivity index (χ4n) is 5.07. The van der Waals surface area contributed by atoms with Gasteiger partial charge in [0.05, 0.1) is 18.2 Å². The Kier molecular flexibility index (Phi) is 9.66. The number of carbonyl (C=O) groups is 2. The molecule has 0 bridgehead atoms. The molecule has 0 aromatic heterocycles. The number of benzene rings is 1. The molecule has 1 aliphatic heterocycles. The lowest BCUT2D eigenvalue weighted by Gasteiger charge is -2.34. The Labute approximate surface area is 238 Å². The van der Waals surface area contributed by atoms with E-state index in [9.17, 15) is 9.59 Å². The molecule has 39 heavy (non-hydrogen) atoms. The number of thiocarbonyl (C=S) groups is 1. The zero-order chi connectivity index (χ0) is 28.9. The standard InChI is InChI=1S/C34H39NO3S/c1-9-13-21(4)18-25-14-12-15-28(35-33(37)31(25)22(5)10-2)26-19-24(16-17-29(26)38-11-3)27-20-30(39)23(6)32(36)34(27,7)8/h10,12,14,16-17,19-20,23H,2,4,9,11,13,18H2,1,3,5-8H3,(H,35,37)/b25-14-,31-22+. The first kappa shape index (κ1) is 30.0. The summed E-state index contributed by atoms with van der Waals surface area (Å²) < 4.78 is 5.95. The van der Waals surface area contributed by atoms with Gasteiger partial charge in [0.1, 0.15) is 5.75 Å². The molecular formula is C34H39NO3S. The Morgan fingerprint density at radius 2 is 1.97 bits per heavy atom. The van der Waals surface area contributed by atoms with Gasteiger partial charge in [0.15, 0.2) is 5.78 Å². The summed E-state index contributed by atoms with van der Waals surface area (Å²) in [6, 6.07) is 5.76. The average Bonchev–Trinajstić information content (AvgIpc) is 2.88. The number of amides is 1. The molecule has 1 amide bonds. The van der Waals surface area contributed by atoms with Crippen LogP contribution in [-0.4, -0.2) is 23.2 Å². The third kappa shape index (κ3) is 6.38. The number of rotatable bonds is 9. The maximum atomic E-state index is 13.7. The van der Waals surface area contributed by atoms with Gasteiger partial charge in [-0.2, -0.15) is 0 Å². The van der Waals surface area contributed by atoms with Gasteiger partial charge in [-0.1, -0.05) is 75.2 Å². The SMILES string of the molecule is C=C/C(C)=C1C(=O)NC(c2cc(C3=CC(=S)C(C)C(=O)C3(C)C)ccc2OCC)=C=C\C=C/1CC(=C)CCC. The van der Waals surface area contributed by atoms with E-state index in [1.54, 1.807) is 6.08 Å². The summed E-state index contributed by atoms with van der Waals surface area (Å²) in [5.74, 6) is 0.162. The summed E-state index contributed by atoms with van der Waals surface area (Å²) in [7, 11) is 0. The van der Waals surface area contributed by atoms with Crippen LogP contribution in [0.25, 0.3) is 11.3 Å². The zero-order valence-electron chi connectivity index (χ0n) is 24.0. The van der Waals surface area contributed by atoms with Crippen LogP contribution >= 0.6 is 12.2 Å². The predicted molar refractivity (Wildman–Crippen MR) is 165 cm³/mol. The normalized spacial score (nSPS) is 21.5. The first-order valence-corrected chi connectivity index (χ1v) is 13.9. The highest BCUT2D eigenvalue weighted by Crippen LogP contribution is 2.43. The molecule has 2 aliphatic rings. The molecule has 1 unspecified atom stereocenters. The van der Waals surface area contributed by atoms with E-state index in [2.05, 4.69) is 31.1 Å². The summed E-state index contributed by atoms with van der Waals surface area (Å²) in [5, 5.41) is 3.08. The molecule has 0 fully saturated rings. The topological polar surface area (TPSA) is 55.4 Å². The number of ether oxygens (including phenoxy) is 1. The molecule has 3 rings (SSSR count). The van der Waals surface area contributed by atoms with Gasteiger partial charge in [-0.25, -0.2) is 0 Å². The van der Waals surface area contributed by atoms with Crippen LogP contribution in [0.15, 0.2) is 83.7 Å². The second-order valence-electron chi connectivity index (χ2n) is 10.6. The van der Waals surface area contributed by atoms with Crippen molar-refractivity contribution in [3.63, 3.8) is 0 Å². The molecular weight excluding hydrogens is 502 g/mol. The predicted octanol–water partition coefficient (Wildman–Crippen LogP) is 7.88. The monoisotopic (exact) mass is 541 g/mol. The van der Waals surface area contributed by atoms with Crippen LogP contribution in [0, 0.1) is 11.3 Å². The van der Waals surface area contributed by atoms with Crippen LogP contribution in [-0.2, 0) is 9.59 Å². The Hall–Kier alpha value is -3.53. The quantitative estimate of drug-likeness (QED) is 0.149. The average molecular weight is 542 g/mol. The van der Waals surface area contributed by atoms with Crippen LogP contribution in [0.4, 0.5) is 0 Å². The van der Waals surface area contributed by atoms with Gasteiger partial charge in [-0.05, 0) is 87.1 Å². The van der Waals surface area contributed by atoms with Gasteiger partial charge in [-0.15, -0.1) is 0 Å². The number of allylic oxidation sites excluding steroid dienone is 7. The van der Waals surface area contributed by atoms with Crippen molar-refractivity contribution >= 4 is 40.0 Å². The van der Waals surface area contributed by atoms with Gasteiger partial charge in [0.25, 0.3) is 5.91 Å². The lowest BCUT2D eigenvalue weighted by atomic mass is 9.68. The second-order valence-corrected chi connectivity index (χ2v) is 11.1. The van der Waals surface area contributed by atoms with Crippen molar-refractivity contribution in [3.8, 4) is 5.75 Å². The highest BCUT2D eigenvalue weighted by molar-refractivity contribution is 7.80. The molecule has 4 nitrogen and oxygen atoms in total. The van der Waals surface area contributed by atoms with Crippen LogP contribution in [0.3, 0.4) is 0 Å². The van der Waals surface area contributed by atoms with Crippen molar-refractivity contribution in [2.24, 2.45) is 11.3 Å². The molecule has 1 heterocycles. The molecule has 0 radical (unpaired) electrons. The van der Waals surface area contributed by atoms with Crippen molar-refractivity contribution < 1.29 is 14.3 Å². The van der Waals surface area contributed by atoms with Gasteiger partial charge in [-0.3, -0.25) is 9.59 Å². The summed E-state index contributed by atoms with van der Waals surface area (Å²) in [6.07, 6.45) is 9.88. The fraction of sp³-hybridized carbons (Fsp3) is 0.353. The van der Waals surface area contributed by atoms with Crippen LogP contribution in [0.1, 0.15) is 71.9 Å². The molecule has 5 heteroatoms. The minimum absolute atomic E-state index is 0.0933. The van der Waals surface area contributed by atoms with Crippen LogP contribution < -0.4 is 10.1 Å². The molecule has 204 valence electrons. The van der Waals surface area contributed by atoms with Crippen LogP contribution in [0.2, 0.25) is 0 Å². The molecule has 1 aromatic carbocycles. The van der Waals surface area contributed by atoms with E-state index >= 15 is 0 Å². The first-order chi connectivity index (χ1) is 18.5. The second kappa shape index (κ2) is 12.5. The largest absolute Gasteiger partial charge is 0.493 e. The Morgan fingerprint density at radius 1 is 1.26 bits per heavy atom. The van der Waals surface area contributed by atoms with Crippen molar-refractivity contribution in [1.29, 1.82) is 0 Å². The number of hydrogen-bond donors (Lipinski definition) is 1. The zero-order valence-corrected chi connectivity index (χ0v) is 24.8. The molecule has 1 N–H and O–H groups in total. The van der Waals surface area contributed by atoms with E-state index in [1.165, 1.54) is 0 Å². The van der Waals surface area contributed by atoms with Gasteiger partial charge in [0, 0.05) is 21.4 Å². The lowest BCUT2D eigenvalue weighted by molar-refractivity contribution is -0.126. The number of nitrogens with one attached hydrogen (secondary N) is 1. The van der Waals surface area contributed by atoms with E-state index in [-0.39, 0.29) is 17.6 Å². The lowest BCUT2D eigenvalue weighted by Crippen LogP contribution is -2.38. The van der Waals surface area contributed by atoms with Gasteiger partial charge < -0.3 is 10.1 Å². The van der Waals surface area contributed by atoms with Crippen LogP contribution in [0.5, 0.6) is 5.75 Å². The van der Waals surface area contributed by atoms with Crippen molar-refractivity contribution in [2.45, 2.75) is 60.8 Å². The molecule has 1 atom stereocenters. The number of carbonyl (C=O) groups excluding carboxylic acids is 2. The Balaban J connectivity index is 2.20. The van der Waals surface area contributed by atoms with E-state index in [0.717, 1.165) is 40.7 Å². The highest BCUT2D eigenvalue weighted by Gasteiger charge is 2.40. The van der Waals surface area contributed by atoms with E-state index < -0.39 is 5.41 Å². The molecule has 0 spiro atoms. The number of Topliss-reactive ketones (excluding diaryl/α,β-unsaturated/α-hetero) is 1. The highest BCUT2D eigenvalue weighted by atomic mass is 32.1. The first-order valence-electron chi connectivity index (χ1n) is 13.5. The summed E-state index contributed by atoms with van der Waals surface area (Å²) in [6.45, 7) is 20.2. The summed E-state index contributed by atoms with van der Waals surface area (Å²) in [5.41, 5.74) is 8.72. The Morgan fingerprint density at radius 3 is 2.62 bits per heavy atom. The van der Waals surface area contributed by atoms with E-state index in [0.29, 0.717) is 40.5 Å². The van der Waals surface area contributed by atoms with Crippen molar-refractivity contribution in [1.82, 2.24) is 5.32 Å². The van der Waals surface area contributed by atoms with Crippen molar-refractivity contribution in [3.05, 3.63) is 94.8 Å². The molecule has 0 saturated carbocycles. The third-order valence-corrected chi connectivity index (χ3v) is 7.77. The Bertz CT molecular complexity index is 1390. The smallest absolute Gasteiger partial charge is 0.256 e. The van der Waals surface area contributed by atoms with E-state index in [4.69, 9.17) is 17.0 Å². The van der Waals surface area contributed by atoms with E-state index in [1.807, 2.05) is 71.0 Å². The molecule has 0 saturated heterocycles. The summed E-state index contributed by atoms with van der Waals surface area (Å²) in [4.78, 5) is 27.5. The molecule has 1 aromatic rings. The minimum Gasteiger partial charge on any atom is -0.493 e. The van der Waals surface area contributed by atoms with Gasteiger partial charge in [0.2, 0.25) is 0 Å². The maximum absolute atomic E-state index is 13.7. The molecule has 1 aliphatic carbocycles. The maximum Gasteiger partial charge on any atom is 0.256 e. The number of hydrogen-bond acceptors (Lipinski definition) is 4. The fourth-order valence-corrected chi connectivity index (χ4v) is 5.30.